The highest BCUT2D eigenvalue weighted by Crippen LogP contribution is 2.49. The number of carbonyl (C=O) groups is 1. The molecule has 0 fully saturated rings. The number of benzene rings is 3. The van der Waals surface area contributed by atoms with E-state index < -0.39 is 0 Å². The number of thiazole rings is 1. The van der Waals surface area contributed by atoms with Crippen LogP contribution in [0.4, 0.5) is 11.4 Å². The molecule has 1 aliphatic heterocycles. The fourth-order valence-corrected chi connectivity index (χ4v) is 6.75. The van der Waals surface area contributed by atoms with Crippen LogP contribution in [0.3, 0.4) is 0 Å². The Labute approximate surface area is 182 Å². The topological polar surface area (TPSA) is 33.2 Å². The summed E-state index contributed by atoms with van der Waals surface area (Å²) in [6, 6.07) is 24.4. The fraction of sp³-hybridized carbons (Fsp3) is 0.130. The van der Waals surface area contributed by atoms with Crippen LogP contribution in [0.2, 0.25) is 0 Å². The minimum Gasteiger partial charge on any atom is -0.278 e. The highest BCUT2D eigenvalue weighted by Gasteiger charge is 2.32. The Kier molecular flexibility index (Phi) is 5.08. The molecule has 0 N–H and O–H groups in total. The summed E-state index contributed by atoms with van der Waals surface area (Å²) in [4.78, 5) is 22.6. The van der Waals surface area contributed by atoms with E-state index in [4.69, 9.17) is 4.98 Å². The largest absolute Gasteiger partial charge is 0.278 e. The number of thioether (sulfide) groups is 1. The summed E-state index contributed by atoms with van der Waals surface area (Å²) in [5.74, 6) is 0.108. The van der Waals surface area contributed by atoms with Crippen LogP contribution in [0.5, 0.6) is 0 Å². The van der Waals surface area contributed by atoms with Crippen LogP contribution in [0.25, 0.3) is 10.2 Å². The third kappa shape index (κ3) is 3.45. The van der Waals surface area contributed by atoms with Gasteiger partial charge in [-0.2, -0.15) is 0 Å². The number of carbonyl (C=O) groups excluding carboxylic acids is 1. The van der Waals surface area contributed by atoms with E-state index in [1.807, 2.05) is 59.5 Å². The van der Waals surface area contributed by atoms with Crippen LogP contribution in [0.15, 0.2) is 86.9 Å². The summed E-state index contributed by atoms with van der Waals surface area (Å²) < 4.78 is 2.10. The van der Waals surface area contributed by atoms with E-state index in [0.717, 1.165) is 42.1 Å². The zero-order valence-corrected chi connectivity index (χ0v) is 18.2. The molecule has 4 aromatic rings. The summed E-state index contributed by atoms with van der Waals surface area (Å²) in [7, 11) is 0. The quantitative estimate of drug-likeness (QED) is 0.324. The highest BCUT2D eigenvalue weighted by atomic mass is 32.2. The van der Waals surface area contributed by atoms with Crippen LogP contribution in [-0.4, -0.2) is 16.1 Å². The molecule has 144 valence electrons. The van der Waals surface area contributed by atoms with E-state index in [2.05, 4.69) is 25.1 Å². The Morgan fingerprint density at radius 1 is 0.966 bits per heavy atom. The maximum absolute atomic E-state index is 13.7. The molecule has 1 aromatic heterocycles. The smallest absolute Gasteiger partial charge is 0.245 e. The number of hydrogen-bond acceptors (Lipinski definition) is 5. The molecular weight excluding hydrogens is 416 g/mol. The van der Waals surface area contributed by atoms with Crippen molar-refractivity contribution in [1.82, 2.24) is 4.98 Å². The molecular formula is C23H18N2OS3. The number of nitrogens with zero attached hydrogens (tertiary/aromatic N) is 2. The third-order valence-corrected chi connectivity index (χ3v) is 8.43. The van der Waals surface area contributed by atoms with Gasteiger partial charge in [0.05, 0.1) is 26.8 Å². The monoisotopic (exact) mass is 434 g/mol. The number of fused-ring (bicyclic) bond motifs is 3. The Bertz CT molecular complexity index is 1120. The zero-order chi connectivity index (χ0) is 19.8. The molecule has 0 aliphatic carbocycles. The second-order valence-corrected chi connectivity index (χ2v) is 10.2. The summed E-state index contributed by atoms with van der Waals surface area (Å²) in [6.07, 6.45) is 0.743. The first-order valence-corrected chi connectivity index (χ1v) is 12.0. The first kappa shape index (κ1) is 18.7. The molecule has 1 atom stereocenters. The molecule has 0 saturated carbocycles. The van der Waals surface area contributed by atoms with Gasteiger partial charge >= 0.3 is 0 Å². The number of aromatic nitrogens is 1. The van der Waals surface area contributed by atoms with Gasteiger partial charge in [-0.1, -0.05) is 66.8 Å². The van der Waals surface area contributed by atoms with Gasteiger partial charge < -0.3 is 0 Å². The summed E-state index contributed by atoms with van der Waals surface area (Å²) in [6.45, 7) is 2.07. The molecule has 0 unspecified atom stereocenters. The second-order valence-electron chi connectivity index (χ2n) is 6.67. The lowest BCUT2D eigenvalue weighted by atomic mass is 10.2. The van der Waals surface area contributed by atoms with Gasteiger partial charge in [-0.3, -0.25) is 9.69 Å². The van der Waals surface area contributed by atoms with Gasteiger partial charge in [-0.05, 0) is 42.8 Å². The van der Waals surface area contributed by atoms with Crippen molar-refractivity contribution in [1.29, 1.82) is 0 Å². The van der Waals surface area contributed by atoms with E-state index in [-0.39, 0.29) is 11.2 Å². The Balaban J connectivity index is 1.51. The average Bonchev–Trinajstić information content (AvgIpc) is 3.18. The van der Waals surface area contributed by atoms with Crippen LogP contribution in [0, 0.1) is 0 Å². The van der Waals surface area contributed by atoms with Crippen molar-refractivity contribution < 1.29 is 4.79 Å². The summed E-state index contributed by atoms with van der Waals surface area (Å²) in [5.41, 5.74) is 2.92. The zero-order valence-electron chi connectivity index (χ0n) is 15.7. The van der Waals surface area contributed by atoms with Gasteiger partial charge in [0.2, 0.25) is 5.91 Å². The van der Waals surface area contributed by atoms with Gasteiger partial charge in [-0.25, -0.2) is 4.98 Å². The predicted octanol–water partition coefficient (Wildman–Crippen LogP) is 7.00. The van der Waals surface area contributed by atoms with Crippen molar-refractivity contribution in [3.05, 3.63) is 72.8 Å². The molecule has 3 aromatic carbocycles. The van der Waals surface area contributed by atoms with Gasteiger partial charge in [0, 0.05) is 9.79 Å². The molecule has 6 heteroatoms. The van der Waals surface area contributed by atoms with E-state index in [9.17, 15) is 4.79 Å². The Morgan fingerprint density at radius 3 is 2.24 bits per heavy atom. The van der Waals surface area contributed by atoms with Crippen molar-refractivity contribution in [3.8, 4) is 0 Å². The summed E-state index contributed by atoms with van der Waals surface area (Å²) >= 11 is 4.95. The molecule has 29 heavy (non-hydrogen) atoms. The van der Waals surface area contributed by atoms with Gasteiger partial charge in [0.1, 0.15) is 0 Å². The molecule has 5 rings (SSSR count). The van der Waals surface area contributed by atoms with Gasteiger partial charge in [-0.15, -0.1) is 11.3 Å². The molecule has 1 aliphatic rings. The van der Waals surface area contributed by atoms with Gasteiger partial charge in [0.15, 0.2) is 4.34 Å². The number of amides is 1. The first-order valence-electron chi connectivity index (χ1n) is 9.46. The lowest BCUT2D eigenvalue weighted by Gasteiger charge is -2.33. The summed E-state index contributed by atoms with van der Waals surface area (Å²) in [5, 5.41) is -0.195. The lowest BCUT2D eigenvalue weighted by molar-refractivity contribution is -0.117. The van der Waals surface area contributed by atoms with Crippen LogP contribution >= 0.6 is 34.9 Å². The Hall–Kier alpha value is -2.28. The van der Waals surface area contributed by atoms with E-state index in [1.54, 1.807) is 34.9 Å². The average molecular weight is 435 g/mol. The van der Waals surface area contributed by atoms with E-state index in [0.29, 0.717) is 0 Å². The number of hydrogen-bond donors (Lipinski definition) is 0. The number of anilines is 2. The minimum atomic E-state index is -0.195. The molecule has 1 amide bonds. The second kappa shape index (κ2) is 7.86. The fourth-order valence-electron chi connectivity index (χ4n) is 3.42. The SMILES string of the molecule is CC[C@@H](Sc1nc2ccccc2s1)C(=O)N1c2ccccc2Sc2ccccc21. The van der Waals surface area contributed by atoms with Crippen molar-refractivity contribution >= 4 is 62.4 Å². The van der Waals surface area contributed by atoms with Crippen LogP contribution in [0.1, 0.15) is 13.3 Å². The van der Waals surface area contributed by atoms with Crippen molar-refractivity contribution in [2.45, 2.75) is 32.7 Å². The third-order valence-electron chi connectivity index (χ3n) is 4.82. The molecule has 3 nitrogen and oxygen atoms in total. The lowest BCUT2D eigenvalue weighted by Crippen LogP contribution is -2.35. The standard InChI is InChI=1S/C23H18N2OS3/c1-2-18(28-23-24-15-9-3-6-12-19(15)29-23)22(26)25-16-10-4-7-13-20(16)27-21-14-8-5-11-17(21)25/h3-14,18H,2H2,1H3/t18-/m1/s1. The molecule has 0 radical (unpaired) electrons. The highest BCUT2D eigenvalue weighted by molar-refractivity contribution is 8.02. The van der Waals surface area contributed by atoms with Crippen molar-refractivity contribution in [2.24, 2.45) is 0 Å². The number of rotatable bonds is 4. The predicted molar refractivity (Wildman–Crippen MR) is 124 cm³/mol. The molecule has 2 heterocycles. The number of para-hydroxylation sites is 3. The van der Waals surface area contributed by atoms with Crippen LogP contribution < -0.4 is 4.90 Å². The van der Waals surface area contributed by atoms with Crippen LogP contribution in [-0.2, 0) is 4.79 Å². The molecule has 0 spiro atoms. The van der Waals surface area contributed by atoms with Gasteiger partial charge in [0.25, 0.3) is 0 Å². The minimum absolute atomic E-state index is 0.108. The van der Waals surface area contributed by atoms with E-state index >= 15 is 0 Å². The molecule has 0 saturated heterocycles. The maximum Gasteiger partial charge on any atom is 0.245 e. The van der Waals surface area contributed by atoms with Crippen molar-refractivity contribution in [3.63, 3.8) is 0 Å². The normalized spacial score (nSPS) is 13.8. The van der Waals surface area contributed by atoms with Crippen molar-refractivity contribution in [2.75, 3.05) is 4.90 Å². The molecule has 0 bridgehead atoms. The van der Waals surface area contributed by atoms with E-state index in [1.165, 1.54) is 0 Å². The Morgan fingerprint density at radius 2 is 1.59 bits per heavy atom. The first-order chi connectivity index (χ1) is 14.2. The maximum atomic E-state index is 13.7.